The van der Waals surface area contributed by atoms with Crippen molar-refractivity contribution in [1.29, 1.82) is 0 Å². The first-order valence-corrected chi connectivity index (χ1v) is 5.91. The Bertz CT molecular complexity index is 409. The van der Waals surface area contributed by atoms with E-state index >= 15 is 0 Å². The summed E-state index contributed by atoms with van der Waals surface area (Å²) in [5.74, 6) is -0.977. The largest absolute Gasteiger partial charge is 0.480 e. The maximum absolute atomic E-state index is 11.8. The summed E-state index contributed by atoms with van der Waals surface area (Å²) < 4.78 is 3.51. The maximum atomic E-state index is 11.8. The van der Waals surface area contributed by atoms with Crippen molar-refractivity contribution in [3.63, 3.8) is 0 Å². The second kappa shape index (κ2) is 5.04. The summed E-state index contributed by atoms with van der Waals surface area (Å²) >= 11 is 0.947. The molecule has 1 aliphatic heterocycles. The molecular weight excluding hydrogens is 246 g/mol. The summed E-state index contributed by atoms with van der Waals surface area (Å²) in [6.45, 7) is 0.440. The number of aliphatic carboxylic acids is 1. The molecule has 1 unspecified atom stereocenters. The van der Waals surface area contributed by atoms with Gasteiger partial charge in [-0.15, -0.1) is 0 Å². The molecule has 0 aromatic carbocycles. The van der Waals surface area contributed by atoms with Crippen molar-refractivity contribution < 1.29 is 14.7 Å². The number of hydrogen-bond donors (Lipinski definition) is 2. The molecule has 9 heteroatoms. The van der Waals surface area contributed by atoms with E-state index in [2.05, 4.69) is 20.1 Å². The van der Waals surface area contributed by atoms with E-state index in [0.29, 0.717) is 13.0 Å². The molecule has 8 nitrogen and oxygen atoms in total. The van der Waals surface area contributed by atoms with Gasteiger partial charge in [0.05, 0.1) is 0 Å². The van der Waals surface area contributed by atoms with Crippen LogP contribution >= 0.6 is 11.5 Å². The molecule has 1 aromatic heterocycles. The van der Waals surface area contributed by atoms with Crippen LogP contribution in [0.2, 0.25) is 0 Å². The van der Waals surface area contributed by atoms with Gasteiger partial charge < -0.3 is 10.0 Å². The molecule has 1 aromatic rings. The average Bonchev–Trinajstić information content (AvgIpc) is 2.81. The molecule has 2 N–H and O–H groups in total. The van der Waals surface area contributed by atoms with E-state index in [-0.39, 0.29) is 5.13 Å². The van der Waals surface area contributed by atoms with E-state index in [0.717, 1.165) is 24.4 Å². The van der Waals surface area contributed by atoms with Crippen molar-refractivity contribution in [2.45, 2.75) is 25.3 Å². The van der Waals surface area contributed by atoms with Gasteiger partial charge in [0.25, 0.3) is 0 Å². The zero-order chi connectivity index (χ0) is 12.3. The van der Waals surface area contributed by atoms with Crippen LogP contribution in [0.5, 0.6) is 0 Å². The van der Waals surface area contributed by atoms with Crippen LogP contribution in [0.3, 0.4) is 0 Å². The third-order valence-corrected chi connectivity index (χ3v) is 3.07. The second-order valence-corrected chi connectivity index (χ2v) is 4.37. The zero-order valence-corrected chi connectivity index (χ0v) is 9.68. The van der Waals surface area contributed by atoms with Gasteiger partial charge in [0.15, 0.2) is 0 Å². The van der Waals surface area contributed by atoms with Gasteiger partial charge in [-0.25, -0.2) is 9.59 Å². The Morgan fingerprint density at radius 1 is 1.47 bits per heavy atom. The molecule has 1 atom stereocenters. The van der Waals surface area contributed by atoms with Crippen molar-refractivity contribution in [2.75, 3.05) is 11.9 Å². The Balaban J connectivity index is 2.03. The van der Waals surface area contributed by atoms with Crippen LogP contribution in [-0.4, -0.2) is 49.4 Å². The predicted molar refractivity (Wildman–Crippen MR) is 58.7 cm³/mol. The summed E-state index contributed by atoms with van der Waals surface area (Å²) in [5.41, 5.74) is 0. The zero-order valence-electron chi connectivity index (χ0n) is 8.87. The Morgan fingerprint density at radius 2 is 2.29 bits per heavy atom. The molecule has 2 heterocycles. The van der Waals surface area contributed by atoms with Gasteiger partial charge >= 0.3 is 12.0 Å². The number of carboxylic acid groups (broad SMARTS) is 1. The highest BCUT2D eigenvalue weighted by Gasteiger charge is 2.32. The quantitative estimate of drug-likeness (QED) is 0.794. The Labute approximate surface area is 101 Å². The number of urea groups is 1. The number of aromatic nitrogens is 3. The molecule has 0 bridgehead atoms. The number of carboxylic acids is 1. The molecule has 0 radical (unpaired) electrons. The predicted octanol–water partition coefficient (Wildman–Crippen LogP) is 0.404. The lowest BCUT2D eigenvalue weighted by molar-refractivity contribution is -0.143. The molecule has 0 saturated carbocycles. The van der Waals surface area contributed by atoms with Gasteiger partial charge in [0.1, 0.15) is 6.04 Å². The van der Waals surface area contributed by atoms with E-state index in [1.54, 1.807) is 0 Å². The number of hydrogen-bond acceptors (Lipinski definition) is 6. The van der Waals surface area contributed by atoms with Crippen LogP contribution < -0.4 is 5.32 Å². The molecule has 1 aliphatic rings. The Morgan fingerprint density at radius 3 is 2.94 bits per heavy atom. The van der Waals surface area contributed by atoms with Crippen LogP contribution in [0.4, 0.5) is 9.93 Å². The van der Waals surface area contributed by atoms with Gasteiger partial charge in [-0.3, -0.25) is 5.32 Å². The smallest absolute Gasteiger partial charge is 0.326 e. The lowest BCUT2D eigenvalue weighted by Crippen LogP contribution is -2.49. The molecule has 92 valence electrons. The molecular formula is C8H11N5O3S. The topological polar surface area (TPSA) is 108 Å². The van der Waals surface area contributed by atoms with Crippen molar-refractivity contribution in [3.8, 4) is 0 Å². The highest BCUT2D eigenvalue weighted by molar-refractivity contribution is 7.09. The standard InChI is InChI=1S/C8H11N5O3S/c14-6(15)5-3-1-2-4-13(5)8(16)9-7-10-11-12-17-7/h5H,1-4H2,(H,14,15)(H,9,10,12,16). The molecule has 1 fully saturated rings. The lowest BCUT2D eigenvalue weighted by Gasteiger charge is -2.32. The lowest BCUT2D eigenvalue weighted by atomic mass is 10.0. The number of carbonyl (C=O) groups excluding carboxylic acids is 1. The fourth-order valence-electron chi connectivity index (χ4n) is 1.78. The first-order valence-electron chi connectivity index (χ1n) is 5.14. The van der Waals surface area contributed by atoms with Gasteiger partial charge in [-0.2, -0.15) is 0 Å². The van der Waals surface area contributed by atoms with Crippen molar-refractivity contribution >= 4 is 28.7 Å². The number of likely N-dealkylation sites (tertiary alicyclic amines) is 1. The van der Waals surface area contributed by atoms with E-state index in [1.807, 2.05) is 0 Å². The summed E-state index contributed by atoms with van der Waals surface area (Å²) in [6, 6.07) is -1.22. The molecule has 2 rings (SSSR count). The number of carbonyl (C=O) groups is 2. The fourth-order valence-corrected chi connectivity index (χ4v) is 2.13. The average molecular weight is 257 g/mol. The third kappa shape index (κ3) is 2.67. The van der Waals surface area contributed by atoms with Gasteiger partial charge in [-0.1, -0.05) is 9.59 Å². The monoisotopic (exact) mass is 257 g/mol. The van der Waals surface area contributed by atoms with Crippen LogP contribution in [0.15, 0.2) is 0 Å². The molecule has 17 heavy (non-hydrogen) atoms. The minimum atomic E-state index is -0.977. The van der Waals surface area contributed by atoms with Crippen molar-refractivity contribution in [2.24, 2.45) is 0 Å². The molecule has 0 spiro atoms. The van der Waals surface area contributed by atoms with Gasteiger partial charge in [0, 0.05) is 18.1 Å². The fraction of sp³-hybridized carbons (Fsp3) is 0.625. The molecule has 1 saturated heterocycles. The minimum absolute atomic E-state index is 0.268. The number of rotatable bonds is 2. The van der Waals surface area contributed by atoms with E-state index in [4.69, 9.17) is 5.11 Å². The number of nitrogens with zero attached hydrogens (tertiary/aromatic N) is 4. The summed E-state index contributed by atoms with van der Waals surface area (Å²) in [4.78, 5) is 24.2. The first kappa shape index (κ1) is 11.7. The summed E-state index contributed by atoms with van der Waals surface area (Å²) in [5, 5.41) is 18.7. The van der Waals surface area contributed by atoms with Crippen molar-refractivity contribution in [3.05, 3.63) is 0 Å². The van der Waals surface area contributed by atoms with Crippen molar-refractivity contribution in [1.82, 2.24) is 19.7 Å². The molecule has 2 amide bonds. The minimum Gasteiger partial charge on any atom is -0.480 e. The number of anilines is 1. The molecule has 0 aliphatic carbocycles. The maximum Gasteiger partial charge on any atom is 0.326 e. The number of piperidine rings is 1. The highest BCUT2D eigenvalue weighted by atomic mass is 32.1. The SMILES string of the molecule is O=C(O)C1CCCCN1C(=O)Nc1nnns1. The van der Waals surface area contributed by atoms with Crippen LogP contribution in [0.25, 0.3) is 0 Å². The highest BCUT2D eigenvalue weighted by Crippen LogP contribution is 2.18. The van der Waals surface area contributed by atoms with Crippen LogP contribution in [-0.2, 0) is 4.79 Å². The van der Waals surface area contributed by atoms with Gasteiger partial charge in [-0.05, 0) is 24.5 Å². The van der Waals surface area contributed by atoms with E-state index in [9.17, 15) is 9.59 Å². The summed E-state index contributed by atoms with van der Waals surface area (Å²) in [7, 11) is 0. The number of nitrogens with one attached hydrogen (secondary N) is 1. The third-order valence-electron chi connectivity index (χ3n) is 2.56. The van der Waals surface area contributed by atoms with Gasteiger partial charge in [0.2, 0.25) is 5.13 Å². The Kier molecular flexibility index (Phi) is 3.47. The van der Waals surface area contributed by atoms with Crippen LogP contribution in [0.1, 0.15) is 19.3 Å². The first-order chi connectivity index (χ1) is 8.18. The Hall–Kier alpha value is -1.77. The summed E-state index contributed by atoms with van der Waals surface area (Å²) in [6.07, 6.45) is 2.11. The van der Waals surface area contributed by atoms with E-state index < -0.39 is 18.0 Å². The number of amides is 2. The second-order valence-electron chi connectivity index (χ2n) is 3.64. The van der Waals surface area contributed by atoms with E-state index in [1.165, 1.54) is 4.90 Å². The van der Waals surface area contributed by atoms with Crippen LogP contribution in [0, 0.1) is 0 Å². The normalized spacial score (nSPS) is 20.0.